The summed E-state index contributed by atoms with van der Waals surface area (Å²) in [6.45, 7) is 1.75. The summed E-state index contributed by atoms with van der Waals surface area (Å²) in [5.74, 6) is -1.27. The summed E-state index contributed by atoms with van der Waals surface area (Å²) in [5.41, 5.74) is 6.19. The topological polar surface area (TPSA) is 93.2 Å². The van der Waals surface area contributed by atoms with Crippen molar-refractivity contribution >= 4 is 11.6 Å². The Kier molecular flexibility index (Phi) is 2.83. The van der Waals surface area contributed by atoms with Gasteiger partial charge in [0.15, 0.2) is 11.1 Å². The zero-order chi connectivity index (χ0) is 15.1. The molecular weight excluding hydrogens is 275 g/mol. The fraction of sp³-hybridized carbons (Fsp3) is 0.0714. The van der Waals surface area contributed by atoms with Gasteiger partial charge in [-0.15, -0.1) is 0 Å². The number of fused-ring (bicyclic) bond motifs is 1. The fourth-order valence-corrected chi connectivity index (χ4v) is 2.33. The monoisotopic (exact) mass is 286 g/mol. The maximum absolute atomic E-state index is 13.6. The van der Waals surface area contributed by atoms with Crippen molar-refractivity contribution in [2.45, 2.75) is 6.92 Å². The van der Waals surface area contributed by atoms with Crippen LogP contribution in [0.15, 0.2) is 35.4 Å². The molecule has 0 saturated heterocycles. The molecule has 2 aromatic heterocycles. The number of aromatic nitrogens is 3. The number of aromatic amines is 1. The molecular formula is C14H11FN4O2. The first-order valence-electron chi connectivity index (χ1n) is 6.14. The van der Waals surface area contributed by atoms with E-state index in [9.17, 15) is 14.0 Å². The van der Waals surface area contributed by atoms with Gasteiger partial charge in [0.2, 0.25) is 0 Å². The number of hydrogen-bond donors (Lipinski definition) is 2. The molecule has 7 heteroatoms. The highest BCUT2D eigenvalue weighted by atomic mass is 19.1. The van der Waals surface area contributed by atoms with Crippen LogP contribution in [0.1, 0.15) is 15.9 Å². The van der Waals surface area contributed by atoms with E-state index in [2.05, 4.69) is 10.1 Å². The van der Waals surface area contributed by atoms with Gasteiger partial charge in [0.1, 0.15) is 17.7 Å². The zero-order valence-electron chi connectivity index (χ0n) is 11.1. The van der Waals surface area contributed by atoms with Gasteiger partial charge in [0.05, 0.1) is 5.69 Å². The van der Waals surface area contributed by atoms with Gasteiger partial charge >= 0.3 is 0 Å². The number of nitrogens with zero attached hydrogens (tertiary/aromatic N) is 2. The standard InChI is InChI=1S/C14H11FN4O2/c1-7-2-8(4-9(15)3-7)10-5-11(20)12(13(16)21)14-17-6-18-19(10)14/h2-6H,1H3,(H2,16,21)(H,17,18). The number of hydrogen-bond acceptors (Lipinski definition) is 3. The second-order valence-electron chi connectivity index (χ2n) is 4.70. The summed E-state index contributed by atoms with van der Waals surface area (Å²) in [7, 11) is 0. The van der Waals surface area contributed by atoms with Gasteiger partial charge in [0.25, 0.3) is 5.91 Å². The van der Waals surface area contributed by atoms with Gasteiger partial charge in [-0.3, -0.25) is 14.7 Å². The third kappa shape index (κ3) is 2.08. The van der Waals surface area contributed by atoms with Crippen molar-refractivity contribution in [3.8, 4) is 11.3 Å². The molecule has 0 aliphatic rings. The fourth-order valence-electron chi connectivity index (χ4n) is 2.33. The molecule has 0 fully saturated rings. The second kappa shape index (κ2) is 4.55. The Labute approximate surface area is 118 Å². The molecule has 0 spiro atoms. The van der Waals surface area contributed by atoms with Crippen LogP contribution in [0.2, 0.25) is 0 Å². The first kappa shape index (κ1) is 13.0. The minimum absolute atomic E-state index is 0.118. The summed E-state index contributed by atoms with van der Waals surface area (Å²) >= 11 is 0. The lowest BCUT2D eigenvalue weighted by atomic mass is 10.1. The molecule has 106 valence electrons. The van der Waals surface area contributed by atoms with Crippen molar-refractivity contribution in [2.75, 3.05) is 0 Å². The molecule has 3 aromatic rings. The number of nitrogens with two attached hydrogens (primary N) is 1. The first-order valence-corrected chi connectivity index (χ1v) is 6.14. The second-order valence-corrected chi connectivity index (χ2v) is 4.70. The lowest BCUT2D eigenvalue weighted by Gasteiger charge is -2.08. The van der Waals surface area contributed by atoms with Crippen LogP contribution in [0.25, 0.3) is 16.9 Å². The van der Waals surface area contributed by atoms with Gasteiger partial charge in [-0.05, 0) is 30.7 Å². The summed E-state index contributed by atoms with van der Waals surface area (Å²) < 4.78 is 15.0. The smallest absolute Gasteiger partial charge is 0.256 e. The van der Waals surface area contributed by atoms with E-state index in [1.807, 2.05) is 0 Å². The highest BCUT2D eigenvalue weighted by Gasteiger charge is 2.17. The lowest BCUT2D eigenvalue weighted by molar-refractivity contribution is 0.100. The maximum Gasteiger partial charge on any atom is 0.256 e. The van der Waals surface area contributed by atoms with Crippen molar-refractivity contribution in [3.05, 3.63) is 57.8 Å². The normalized spacial score (nSPS) is 11.0. The minimum Gasteiger partial charge on any atom is -0.365 e. The van der Waals surface area contributed by atoms with Crippen LogP contribution >= 0.6 is 0 Å². The number of primary amides is 1. The molecule has 1 aromatic carbocycles. The van der Waals surface area contributed by atoms with Crippen LogP contribution in [0.4, 0.5) is 4.39 Å². The van der Waals surface area contributed by atoms with Crippen LogP contribution in [-0.4, -0.2) is 20.5 Å². The molecule has 0 saturated carbocycles. The van der Waals surface area contributed by atoms with Gasteiger partial charge in [-0.1, -0.05) is 0 Å². The quantitative estimate of drug-likeness (QED) is 0.742. The highest BCUT2D eigenvalue weighted by Crippen LogP contribution is 2.22. The summed E-state index contributed by atoms with van der Waals surface area (Å²) in [5, 5.41) is 2.78. The molecule has 6 nitrogen and oxygen atoms in total. The molecule has 0 unspecified atom stereocenters. The first-order chi connectivity index (χ1) is 9.97. The number of benzene rings is 1. The molecule has 3 N–H and O–H groups in total. The largest absolute Gasteiger partial charge is 0.365 e. The Bertz CT molecular complexity index is 906. The Morgan fingerprint density at radius 1 is 1.33 bits per heavy atom. The summed E-state index contributed by atoms with van der Waals surface area (Å²) in [4.78, 5) is 27.4. The highest BCUT2D eigenvalue weighted by molar-refractivity contribution is 5.99. The van der Waals surface area contributed by atoms with Crippen LogP contribution in [0.3, 0.4) is 0 Å². The van der Waals surface area contributed by atoms with Crippen molar-refractivity contribution in [1.82, 2.24) is 14.6 Å². The van der Waals surface area contributed by atoms with E-state index >= 15 is 0 Å². The number of nitrogens with one attached hydrogen (secondary N) is 1. The number of H-pyrrole nitrogens is 1. The average Bonchev–Trinajstić information content (AvgIpc) is 2.84. The molecule has 3 rings (SSSR count). The maximum atomic E-state index is 13.6. The molecule has 2 heterocycles. The number of aryl methyl sites for hydroxylation is 1. The van der Waals surface area contributed by atoms with Gasteiger partial charge < -0.3 is 5.73 Å². The van der Waals surface area contributed by atoms with E-state index in [0.29, 0.717) is 16.8 Å². The van der Waals surface area contributed by atoms with Crippen molar-refractivity contribution in [3.63, 3.8) is 0 Å². The summed E-state index contributed by atoms with van der Waals surface area (Å²) in [6.07, 6.45) is 1.33. The van der Waals surface area contributed by atoms with Crippen molar-refractivity contribution in [2.24, 2.45) is 5.73 Å². The van der Waals surface area contributed by atoms with Crippen LogP contribution in [0, 0.1) is 12.7 Å². The van der Waals surface area contributed by atoms with Gasteiger partial charge in [0, 0.05) is 11.6 Å². The Hall–Kier alpha value is -2.96. The third-order valence-corrected chi connectivity index (χ3v) is 3.15. The van der Waals surface area contributed by atoms with E-state index < -0.39 is 17.2 Å². The van der Waals surface area contributed by atoms with E-state index in [4.69, 9.17) is 5.73 Å². The number of amides is 1. The number of carbonyl (C=O) groups is 1. The third-order valence-electron chi connectivity index (χ3n) is 3.15. The van der Waals surface area contributed by atoms with Gasteiger partial charge in [-0.25, -0.2) is 13.9 Å². The lowest BCUT2D eigenvalue weighted by Crippen LogP contribution is -2.23. The number of rotatable bonds is 2. The van der Waals surface area contributed by atoms with E-state index in [1.54, 1.807) is 13.0 Å². The average molecular weight is 286 g/mol. The number of halogens is 1. The Morgan fingerprint density at radius 2 is 2.10 bits per heavy atom. The van der Waals surface area contributed by atoms with E-state index in [0.717, 1.165) is 0 Å². The zero-order valence-corrected chi connectivity index (χ0v) is 11.1. The molecule has 0 aliphatic carbocycles. The number of carbonyl (C=O) groups excluding carboxylic acids is 1. The Balaban J connectivity index is 2.39. The Morgan fingerprint density at radius 3 is 2.76 bits per heavy atom. The van der Waals surface area contributed by atoms with Gasteiger partial charge in [-0.2, -0.15) is 0 Å². The molecule has 1 amide bonds. The summed E-state index contributed by atoms with van der Waals surface area (Å²) in [6, 6.07) is 5.65. The van der Waals surface area contributed by atoms with Crippen LogP contribution in [-0.2, 0) is 0 Å². The molecule has 0 atom stereocenters. The molecule has 0 radical (unpaired) electrons. The predicted molar refractivity (Wildman–Crippen MR) is 74.5 cm³/mol. The molecule has 0 bridgehead atoms. The van der Waals surface area contributed by atoms with E-state index in [-0.39, 0.29) is 11.2 Å². The van der Waals surface area contributed by atoms with Crippen molar-refractivity contribution < 1.29 is 9.18 Å². The van der Waals surface area contributed by atoms with E-state index in [1.165, 1.54) is 29.0 Å². The van der Waals surface area contributed by atoms with Crippen LogP contribution in [0.5, 0.6) is 0 Å². The predicted octanol–water partition coefficient (Wildman–Crippen LogP) is 1.24. The van der Waals surface area contributed by atoms with Crippen molar-refractivity contribution in [1.29, 1.82) is 0 Å². The molecule has 0 aliphatic heterocycles. The SMILES string of the molecule is Cc1cc(F)cc(-c2cc(=O)c(C(N)=O)c3nc[nH]n23)c1. The molecule has 21 heavy (non-hydrogen) atoms. The minimum atomic E-state index is -0.855. The van der Waals surface area contributed by atoms with Crippen LogP contribution < -0.4 is 11.2 Å². The number of pyridine rings is 1.